The normalized spacial score (nSPS) is 17.3. The molecular weight excluding hydrogens is 304 g/mol. The maximum atomic E-state index is 6.05. The number of fused-ring (bicyclic) bond motifs is 1. The molecule has 0 aliphatic carbocycles. The zero-order chi connectivity index (χ0) is 14.2. The monoisotopic (exact) mass is 316 g/mol. The first kappa shape index (κ1) is 12.9. The van der Waals surface area contributed by atoms with Gasteiger partial charge in [-0.15, -0.1) is 5.10 Å². The van der Waals surface area contributed by atoms with E-state index in [9.17, 15) is 0 Å². The van der Waals surface area contributed by atoms with Gasteiger partial charge < -0.3 is 5.32 Å². The van der Waals surface area contributed by atoms with E-state index in [1.807, 2.05) is 28.9 Å². The van der Waals surface area contributed by atoms with E-state index in [0.717, 1.165) is 24.5 Å². The summed E-state index contributed by atoms with van der Waals surface area (Å²) in [7, 11) is 0. The number of aromatic nitrogens is 3. The number of hydrogen-bond donors (Lipinski definition) is 1. The zero-order valence-electron chi connectivity index (χ0n) is 11.2. The Labute approximate surface area is 131 Å². The number of nitrogens with zero attached hydrogens (tertiary/aromatic N) is 3. The molecule has 1 atom stereocenters. The van der Waals surface area contributed by atoms with Crippen molar-refractivity contribution in [2.45, 2.75) is 12.5 Å². The summed E-state index contributed by atoms with van der Waals surface area (Å²) in [5.74, 6) is 1.54. The van der Waals surface area contributed by atoms with Crippen LogP contribution in [-0.2, 0) is 0 Å². The molecule has 3 heterocycles. The Kier molecular flexibility index (Phi) is 3.16. The van der Waals surface area contributed by atoms with Crippen LogP contribution in [0.5, 0.6) is 0 Å². The lowest BCUT2D eigenvalue weighted by atomic mass is 10.1. The molecule has 6 heteroatoms. The first-order valence-corrected chi connectivity index (χ1v) is 8.12. The second-order valence-electron chi connectivity index (χ2n) is 5.00. The van der Waals surface area contributed by atoms with Crippen LogP contribution in [0.2, 0.25) is 5.02 Å². The van der Waals surface area contributed by atoms with E-state index < -0.39 is 0 Å². The van der Waals surface area contributed by atoms with E-state index in [1.54, 1.807) is 11.3 Å². The van der Waals surface area contributed by atoms with E-state index in [1.165, 1.54) is 5.56 Å². The molecule has 1 aromatic carbocycles. The summed E-state index contributed by atoms with van der Waals surface area (Å²) in [5.41, 5.74) is 2.24. The third-order valence-electron chi connectivity index (χ3n) is 3.64. The Bertz CT molecular complexity index is 766. The number of rotatable bonds is 2. The largest absolute Gasteiger partial charge is 0.354 e. The number of hydrogen-bond acceptors (Lipinski definition) is 4. The third-order valence-corrected chi connectivity index (χ3v) is 4.57. The van der Waals surface area contributed by atoms with Gasteiger partial charge >= 0.3 is 0 Å². The van der Waals surface area contributed by atoms with Crippen molar-refractivity contribution < 1.29 is 0 Å². The van der Waals surface area contributed by atoms with E-state index in [-0.39, 0.29) is 6.04 Å². The second kappa shape index (κ2) is 5.16. The highest BCUT2D eigenvalue weighted by molar-refractivity contribution is 7.07. The van der Waals surface area contributed by atoms with Gasteiger partial charge in [0, 0.05) is 17.1 Å². The summed E-state index contributed by atoms with van der Waals surface area (Å²) in [6.45, 7) is 0.911. The van der Waals surface area contributed by atoms with Crippen molar-refractivity contribution in [1.29, 1.82) is 0 Å². The van der Waals surface area contributed by atoms with Gasteiger partial charge in [0.05, 0.1) is 6.04 Å². The predicted molar refractivity (Wildman–Crippen MR) is 86.0 cm³/mol. The van der Waals surface area contributed by atoms with Crippen molar-refractivity contribution in [1.82, 2.24) is 14.8 Å². The Morgan fingerprint density at radius 2 is 2.29 bits per heavy atom. The molecule has 0 spiro atoms. The fraction of sp³-hybridized carbons (Fsp3) is 0.200. The molecule has 4 nitrogen and oxygen atoms in total. The number of halogens is 1. The first-order valence-electron chi connectivity index (χ1n) is 6.80. The lowest BCUT2D eigenvalue weighted by Crippen LogP contribution is -2.24. The van der Waals surface area contributed by atoms with Crippen LogP contribution in [0.25, 0.3) is 11.4 Å². The highest BCUT2D eigenvalue weighted by Gasteiger charge is 2.25. The van der Waals surface area contributed by atoms with Crippen LogP contribution < -0.4 is 5.32 Å². The van der Waals surface area contributed by atoms with Gasteiger partial charge in [-0.05, 0) is 40.9 Å². The van der Waals surface area contributed by atoms with E-state index in [0.29, 0.717) is 10.8 Å². The zero-order valence-corrected chi connectivity index (χ0v) is 12.7. The van der Waals surface area contributed by atoms with E-state index in [4.69, 9.17) is 11.6 Å². The molecule has 106 valence electrons. The SMILES string of the molecule is Clc1cccc(-c2nc3n(n2)C(c2ccsc2)CCN3)c1. The Balaban J connectivity index is 1.77. The quantitative estimate of drug-likeness (QED) is 0.775. The summed E-state index contributed by atoms with van der Waals surface area (Å²) < 4.78 is 1.99. The molecule has 2 aromatic heterocycles. The fourth-order valence-electron chi connectivity index (χ4n) is 2.63. The molecule has 0 bridgehead atoms. The Morgan fingerprint density at radius 1 is 1.33 bits per heavy atom. The highest BCUT2D eigenvalue weighted by atomic mass is 35.5. The number of nitrogens with one attached hydrogen (secondary N) is 1. The molecule has 0 radical (unpaired) electrons. The van der Waals surface area contributed by atoms with Crippen LogP contribution in [-0.4, -0.2) is 21.3 Å². The van der Waals surface area contributed by atoms with Gasteiger partial charge in [0.15, 0.2) is 5.82 Å². The molecule has 0 saturated heterocycles. The minimum absolute atomic E-state index is 0.257. The average molecular weight is 317 g/mol. The molecule has 0 fully saturated rings. The van der Waals surface area contributed by atoms with Gasteiger partial charge in [-0.2, -0.15) is 16.3 Å². The summed E-state index contributed by atoms with van der Waals surface area (Å²) in [6.07, 6.45) is 1.02. The molecule has 1 aliphatic heterocycles. The van der Waals surface area contributed by atoms with Crippen LogP contribution in [0, 0.1) is 0 Å². The van der Waals surface area contributed by atoms with E-state index >= 15 is 0 Å². The second-order valence-corrected chi connectivity index (χ2v) is 6.22. The van der Waals surface area contributed by atoms with Crippen molar-refractivity contribution in [3.8, 4) is 11.4 Å². The number of anilines is 1. The van der Waals surface area contributed by atoms with Gasteiger partial charge in [0.25, 0.3) is 0 Å². The van der Waals surface area contributed by atoms with Gasteiger partial charge in [-0.25, -0.2) is 4.68 Å². The molecule has 21 heavy (non-hydrogen) atoms. The molecule has 1 unspecified atom stereocenters. The van der Waals surface area contributed by atoms with Crippen molar-refractivity contribution >= 4 is 28.9 Å². The minimum Gasteiger partial charge on any atom is -0.354 e. The van der Waals surface area contributed by atoms with Gasteiger partial charge in [-0.1, -0.05) is 23.7 Å². The summed E-state index contributed by atoms with van der Waals surface area (Å²) in [5, 5.41) is 13.0. The van der Waals surface area contributed by atoms with Crippen LogP contribution in [0.3, 0.4) is 0 Å². The molecular formula is C15H13ClN4S. The topological polar surface area (TPSA) is 42.7 Å². The molecule has 0 saturated carbocycles. The smallest absolute Gasteiger partial charge is 0.222 e. The van der Waals surface area contributed by atoms with Crippen molar-refractivity contribution in [3.63, 3.8) is 0 Å². The third kappa shape index (κ3) is 2.32. The van der Waals surface area contributed by atoms with Crippen LogP contribution >= 0.6 is 22.9 Å². The maximum absolute atomic E-state index is 6.05. The predicted octanol–water partition coefficient (Wildman–Crippen LogP) is 4.07. The summed E-state index contributed by atoms with van der Waals surface area (Å²) >= 11 is 7.77. The van der Waals surface area contributed by atoms with Crippen LogP contribution in [0.1, 0.15) is 18.0 Å². The molecule has 3 aromatic rings. The standard InChI is InChI=1S/C15H13ClN4S/c16-12-3-1-2-10(8-12)14-18-15-17-6-4-13(20(15)19-14)11-5-7-21-9-11/h1-3,5,7-9,13H,4,6H2,(H,17,18,19). The van der Waals surface area contributed by atoms with Crippen molar-refractivity contribution in [2.75, 3.05) is 11.9 Å². The number of thiophene rings is 1. The minimum atomic E-state index is 0.257. The maximum Gasteiger partial charge on any atom is 0.222 e. The highest BCUT2D eigenvalue weighted by Crippen LogP contribution is 2.31. The molecule has 1 N–H and O–H groups in total. The summed E-state index contributed by atoms with van der Waals surface area (Å²) in [4.78, 5) is 4.61. The van der Waals surface area contributed by atoms with Crippen LogP contribution in [0.4, 0.5) is 5.95 Å². The van der Waals surface area contributed by atoms with E-state index in [2.05, 4.69) is 32.2 Å². The molecule has 1 aliphatic rings. The number of benzene rings is 1. The summed E-state index contributed by atoms with van der Waals surface area (Å²) in [6, 6.07) is 10.1. The van der Waals surface area contributed by atoms with Gasteiger partial charge in [0.2, 0.25) is 5.95 Å². The van der Waals surface area contributed by atoms with Crippen molar-refractivity contribution in [3.05, 3.63) is 51.7 Å². The first-order chi connectivity index (χ1) is 10.3. The molecule has 4 rings (SSSR count). The lowest BCUT2D eigenvalue weighted by Gasteiger charge is -2.23. The Hall–Kier alpha value is -1.85. The fourth-order valence-corrected chi connectivity index (χ4v) is 3.52. The molecule has 0 amide bonds. The van der Waals surface area contributed by atoms with Crippen molar-refractivity contribution in [2.24, 2.45) is 0 Å². The van der Waals surface area contributed by atoms with Gasteiger partial charge in [0.1, 0.15) is 0 Å². The lowest BCUT2D eigenvalue weighted by molar-refractivity contribution is 0.482. The average Bonchev–Trinajstić information content (AvgIpc) is 3.16. The van der Waals surface area contributed by atoms with Gasteiger partial charge in [-0.3, -0.25) is 0 Å². The van der Waals surface area contributed by atoms with Crippen LogP contribution in [0.15, 0.2) is 41.1 Å². The Morgan fingerprint density at radius 3 is 3.10 bits per heavy atom.